The summed E-state index contributed by atoms with van der Waals surface area (Å²) >= 11 is 0. The van der Waals surface area contributed by atoms with Crippen LogP contribution in [0.5, 0.6) is 0 Å². The minimum atomic E-state index is -2.09. The van der Waals surface area contributed by atoms with Crippen molar-refractivity contribution in [3.63, 3.8) is 0 Å². The molecule has 8 heteroatoms. The Morgan fingerprint density at radius 2 is 1.95 bits per heavy atom. The number of fused-ring (bicyclic) bond motifs is 1. The molecule has 1 unspecified atom stereocenters. The number of carbonyl (C=O) groups excluding carboxylic acids is 1. The number of nitro groups is 1. The van der Waals surface area contributed by atoms with Crippen LogP contribution in [0.1, 0.15) is 11.1 Å². The second-order valence-electron chi connectivity index (χ2n) is 4.53. The van der Waals surface area contributed by atoms with Gasteiger partial charge in [0.05, 0.1) is 16.3 Å². The number of hydrogen-bond donors (Lipinski definition) is 1. The van der Waals surface area contributed by atoms with E-state index < -0.39 is 17.1 Å². The van der Waals surface area contributed by atoms with Gasteiger partial charge in [0.25, 0.3) is 17.9 Å². The summed E-state index contributed by atoms with van der Waals surface area (Å²) in [6.07, 6.45) is 0.888. The lowest BCUT2D eigenvalue weighted by atomic mass is 10.0. The highest BCUT2D eigenvalue weighted by atomic mass is 19.1. The van der Waals surface area contributed by atoms with Crippen LogP contribution in [0.4, 0.5) is 15.8 Å². The Morgan fingerprint density at radius 1 is 1.23 bits per heavy atom. The number of rotatable bonds is 2. The minimum absolute atomic E-state index is 0.159. The summed E-state index contributed by atoms with van der Waals surface area (Å²) in [4.78, 5) is 29.6. The van der Waals surface area contributed by atoms with Crippen molar-refractivity contribution in [3.8, 4) is 0 Å². The van der Waals surface area contributed by atoms with Crippen molar-refractivity contribution in [1.29, 1.82) is 0 Å². The number of anilines is 1. The highest BCUT2D eigenvalue weighted by Gasteiger charge is 2.26. The van der Waals surface area contributed by atoms with Crippen LogP contribution in [0.3, 0.4) is 0 Å². The largest absolute Gasteiger partial charge is 0.321 e. The van der Waals surface area contributed by atoms with Crippen molar-refractivity contribution in [1.82, 2.24) is 4.98 Å². The molecule has 0 saturated carbocycles. The summed E-state index contributed by atoms with van der Waals surface area (Å²) in [6.45, 7) is 0. The van der Waals surface area contributed by atoms with Gasteiger partial charge in [-0.25, -0.2) is 9.38 Å². The number of nitro benzene ring substituents is 1. The monoisotopic (exact) mass is 300 g/mol. The van der Waals surface area contributed by atoms with Gasteiger partial charge >= 0.3 is 0 Å². The van der Waals surface area contributed by atoms with Crippen LogP contribution in [0, 0.1) is 10.1 Å². The third-order valence-corrected chi connectivity index (χ3v) is 3.14. The molecule has 1 N–H and O–H groups in total. The molecule has 0 fully saturated rings. The highest BCUT2D eigenvalue weighted by molar-refractivity contribution is 6.19. The minimum Gasteiger partial charge on any atom is -0.321 e. The van der Waals surface area contributed by atoms with E-state index in [9.17, 15) is 19.3 Å². The number of pyridine rings is 1. The lowest BCUT2D eigenvalue weighted by Gasteiger charge is -2.09. The molecule has 0 spiro atoms. The van der Waals surface area contributed by atoms with Crippen LogP contribution in [0.2, 0.25) is 0 Å². The summed E-state index contributed by atoms with van der Waals surface area (Å²) < 4.78 is 13.8. The SMILES string of the molecule is O=C1Nc2ccc([N+](=O)[O-])cc2C(c2ccncc2)=NC1F. The van der Waals surface area contributed by atoms with Crippen LogP contribution in [0.15, 0.2) is 47.7 Å². The maximum absolute atomic E-state index is 13.8. The topological polar surface area (TPSA) is 97.5 Å². The number of benzodiazepines with no additional fused rings is 1. The molecule has 7 nitrogen and oxygen atoms in total. The van der Waals surface area contributed by atoms with E-state index in [2.05, 4.69) is 15.3 Å². The normalized spacial score (nSPS) is 17.0. The fourth-order valence-corrected chi connectivity index (χ4v) is 2.12. The average molecular weight is 300 g/mol. The van der Waals surface area contributed by atoms with Gasteiger partial charge in [-0.05, 0) is 18.2 Å². The number of nitrogens with zero attached hydrogens (tertiary/aromatic N) is 3. The van der Waals surface area contributed by atoms with Crippen molar-refractivity contribution >= 4 is 23.0 Å². The number of halogens is 1. The number of non-ortho nitro benzene ring substituents is 1. The molecule has 1 aliphatic heterocycles. The predicted molar refractivity (Wildman–Crippen MR) is 76.5 cm³/mol. The summed E-state index contributed by atoms with van der Waals surface area (Å²) in [5.41, 5.74) is 1.05. The molecule has 0 saturated heterocycles. The van der Waals surface area contributed by atoms with Crippen molar-refractivity contribution < 1.29 is 14.1 Å². The van der Waals surface area contributed by atoms with Crippen LogP contribution in [-0.2, 0) is 4.79 Å². The third kappa shape index (κ3) is 2.41. The Balaban J connectivity index is 2.24. The molecule has 1 aromatic carbocycles. The Morgan fingerprint density at radius 3 is 2.64 bits per heavy atom. The molecule has 1 aromatic heterocycles. The molecule has 0 radical (unpaired) electrons. The maximum Gasteiger partial charge on any atom is 0.281 e. The molecule has 3 rings (SSSR count). The Labute approximate surface area is 123 Å². The van der Waals surface area contributed by atoms with E-state index in [1.54, 1.807) is 12.1 Å². The van der Waals surface area contributed by atoms with E-state index in [0.29, 0.717) is 5.56 Å². The standard InChI is InChI=1S/C14H9FN4O3/c15-13-14(20)17-11-2-1-9(19(21)22)7-10(11)12(18-13)8-3-5-16-6-4-8/h1-7,13H,(H,17,20). The first kappa shape index (κ1) is 13.8. The second-order valence-corrected chi connectivity index (χ2v) is 4.53. The van der Waals surface area contributed by atoms with E-state index in [-0.39, 0.29) is 22.6 Å². The second kappa shape index (κ2) is 5.32. The number of aliphatic imine (C=N–C) groups is 1. The van der Waals surface area contributed by atoms with Crippen LogP contribution in [0.25, 0.3) is 0 Å². The quantitative estimate of drug-likeness (QED) is 0.521. The predicted octanol–water partition coefficient (Wildman–Crippen LogP) is 2.07. The molecular weight excluding hydrogens is 291 g/mol. The average Bonchev–Trinajstić information content (AvgIpc) is 2.65. The number of aromatic nitrogens is 1. The number of amides is 1. The summed E-state index contributed by atoms with van der Waals surface area (Å²) in [5.74, 6) is -0.917. The van der Waals surface area contributed by atoms with Gasteiger partial charge in [-0.3, -0.25) is 19.9 Å². The molecule has 2 aromatic rings. The van der Waals surface area contributed by atoms with Gasteiger partial charge in [0.1, 0.15) is 0 Å². The first-order chi connectivity index (χ1) is 10.6. The van der Waals surface area contributed by atoms with Crippen molar-refractivity contribution in [2.24, 2.45) is 4.99 Å². The van der Waals surface area contributed by atoms with Gasteiger partial charge in [0, 0.05) is 35.7 Å². The number of hydrogen-bond acceptors (Lipinski definition) is 5. The van der Waals surface area contributed by atoms with Gasteiger partial charge in [0.2, 0.25) is 0 Å². The van der Waals surface area contributed by atoms with E-state index in [0.717, 1.165) is 0 Å². The van der Waals surface area contributed by atoms with Gasteiger partial charge in [-0.1, -0.05) is 0 Å². The smallest absolute Gasteiger partial charge is 0.281 e. The zero-order valence-corrected chi connectivity index (χ0v) is 11.1. The molecule has 1 aliphatic rings. The van der Waals surface area contributed by atoms with Crippen LogP contribution >= 0.6 is 0 Å². The van der Waals surface area contributed by atoms with Gasteiger partial charge in [-0.2, -0.15) is 0 Å². The molecule has 2 heterocycles. The zero-order valence-electron chi connectivity index (χ0n) is 11.1. The Kier molecular flexibility index (Phi) is 3.34. The molecule has 1 atom stereocenters. The van der Waals surface area contributed by atoms with Gasteiger partial charge < -0.3 is 5.32 Å². The van der Waals surface area contributed by atoms with Crippen molar-refractivity contribution in [2.45, 2.75) is 6.30 Å². The van der Waals surface area contributed by atoms with E-state index in [4.69, 9.17) is 0 Å². The first-order valence-electron chi connectivity index (χ1n) is 6.28. The number of carbonyl (C=O) groups is 1. The summed E-state index contributed by atoms with van der Waals surface area (Å²) in [6, 6.07) is 7.03. The summed E-state index contributed by atoms with van der Waals surface area (Å²) in [5, 5.41) is 13.3. The molecule has 22 heavy (non-hydrogen) atoms. The molecule has 0 aliphatic carbocycles. The fourth-order valence-electron chi connectivity index (χ4n) is 2.12. The van der Waals surface area contributed by atoms with Gasteiger partial charge in [0.15, 0.2) is 0 Å². The lowest BCUT2D eigenvalue weighted by molar-refractivity contribution is -0.384. The Hall–Kier alpha value is -3.16. The molecule has 0 bridgehead atoms. The third-order valence-electron chi connectivity index (χ3n) is 3.14. The fraction of sp³-hybridized carbons (Fsp3) is 0.0714. The van der Waals surface area contributed by atoms with E-state index in [1.165, 1.54) is 30.6 Å². The summed E-state index contributed by atoms with van der Waals surface area (Å²) in [7, 11) is 0. The zero-order chi connectivity index (χ0) is 15.7. The number of nitrogens with one attached hydrogen (secondary N) is 1. The number of alkyl halides is 1. The molecule has 1 amide bonds. The van der Waals surface area contributed by atoms with Crippen molar-refractivity contribution in [2.75, 3.05) is 5.32 Å². The lowest BCUT2D eigenvalue weighted by Crippen LogP contribution is -2.21. The van der Waals surface area contributed by atoms with Gasteiger partial charge in [-0.15, -0.1) is 0 Å². The van der Waals surface area contributed by atoms with E-state index in [1.807, 2.05) is 0 Å². The van der Waals surface area contributed by atoms with Crippen LogP contribution in [-0.4, -0.2) is 27.8 Å². The Bertz CT molecular complexity index is 792. The number of benzene rings is 1. The van der Waals surface area contributed by atoms with Crippen molar-refractivity contribution in [3.05, 3.63) is 64.0 Å². The molecule has 110 valence electrons. The highest BCUT2D eigenvalue weighted by Crippen LogP contribution is 2.28. The van der Waals surface area contributed by atoms with Crippen LogP contribution < -0.4 is 5.32 Å². The van der Waals surface area contributed by atoms with E-state index >= 15 is 0 Å². The first-order valence-corrected chi connectivity index (χ1v) is 6.28. The maximum atomic E-state index is 13.8. The molecular formula is C14H9FN4O3.